The quantitative estimate of drug-likeness (QED) is 0.688. The van der Waals surface area contributed by atoms with Crippen molar-refractivity contribution in [3.05, 3.63) is 22.4 Å². The zero-order valence-electron chi connectivity index (χ0n) is 7.96. The van der Waals surface area contributed by atoms with Gasteiger partial charge in [-0.2, -0.15) is 0 Å². The van der Waals surface area contributed by atoms with Crippen LogP contribution in [-0.2, 0) is 6.42 Å². The minimum atomic E-state index is 1.06. The highest BCUT2D eigenvalue weighted by atomic mass is 32.1. The molecule has 1 heterocycles. The van der Waals surface area contributed by atoms with Crippen molar-refractivity contribution in [2.24, 2.45) is 5.92 Å². The van der Waals surface area contributed by atoms with Crippen molar-refractivity contribution in [1.29, 1.82) is 0 Å². The first-order valence-corrected chi connectivity index (χ1v) is 6.06. The van der Waals surface area contributed by atoms with Crippen molar-refractivity contribution in [3.63, 3.8) is 0 Å². The van der Waals surface area contributed by atoms with Crippen LogP contribution in [0.3, 0.4) is 0 Å². The molecule has 1 aliphatic rings. The van der Waals surface area contributed by atoms with Gasteiger partial charge >= 0.3 is 0 Å². The summed E-state index contributed by atoms with van der Waals surface area (Å²) < 4.78 is 0. The molecule has 1 aromatic heterocycles. The molecule has 13 heavy (non-hydrogen) atoms. The summed E-state index contributed by atoms with van der Waals surface area (Å²) in [6.07, 6.45) is 5.55. The van der Waals surface area contributed by atoms with Crippen molar-refractivity contribution >= 4 is 11.3 Å². The molecule has 0 aliphatic heterocycles. The molecular formula is C11H17NS. The number of hydrogen-bond donors (Lipinski definition) is 1. The Balaban J connectivity index is 1.48. The normalized spacial score (nSPS) is 16.3. The minimum absolute atomic E-state index is 1.06. The van der Waals surface area contributed by atoms with Crippen LogP contribution in [-0.4, -0.2) is 13.1 Å². The fraction of sp³-hybridized carbons (Fsp3) is 0.636. The Kier molecular flexibility index (Phi) is 3.39. The Bertz CT molecular complexity index is 226. The highest BCUT2D eigenvalue weighted by Crippen LogP contribution is 2.31. The maximum atomic E-state index is 3.50. The summed E-state index contributed by atoms with van der Waals surface area (Å²) in [5.74, 6) is 1.06. The van der Waals surface area contributed by atoms with Crippen molar-refractivity contribution in [1.82, 2.24) is 5.32 Å². The SMILES string of the molecule is c1csc(CCNCCC2CC2)c1. The summed E-state index contributed by atoms with van der Waals surface area (Å²) in [7, 11) is 0. The molecule has 1 saturated carbocycles. The van der Waals surface area contributed by atoms with E-state index in [4.69, 9.17) is 0 Å². The van der Waals surface area contributed by atoms with Gasteiger partial charge in [-0.1, -0.05) is 18.9 Å². The van der Waals surface area contributed by atoms with Crippen molar-refractivity contribution < 1.29 is 0 Å². The van der Waals surface area contributed by atoms with Crippen molar-refractivity contribution in [2.45, 2.75) is 25.7 Å². The fourth-order valence-corrected chi connectivity index (χ4v) is 2.21. The van der Waals surface area contributed by atoms with Gasteiger partial charge in [-0.25, -0.2) is 0 Å². The van der Waals surface area contributed by atoms with Gasteiger partial charge in [0.05, 0.1) is 0 Å². The third kappa shape index (κ3) is 3.49. The standard InChI is InChI=1S/C11H17NS/c1-2-11(13-9-1)6-8-12-7-5-10-3-4-10/h1-2,9-10,12H,3-8H2. The molecule has 72 valence electrons. The van der Waals surface area contributed by atoms with Crippen molar-refractivity contribution in [2.75, 3.05) is 13.1 Å². The molecule has 1 aromatic rings. The van der Waals surface area contributed by atoms with Crippen molar-refractivity contribution in [3.8, 4) is 0 Å². The van der Waals surface area contributed by atoms with Gasteiger partial charge in [-0.05, 0) is 43.3 Å². The van der Waals surface area contributed by atoms with Gasteiger partial charge in [0.15, 0.2) is 0 Å². The van der Waals surface area contributed by atoms with Crippen LogP contribution in [0, 0.1) is 5.92 Å². The van der Waals surface area contributed by atoms with Gasteiger partial charge in [0.25, 0.3) is 0 Å². The van der Waals surface area contributed by atoms with E-state index in [1.807, 2.05) is 11.3 Å². The molecule has 0 saturated heterocycles. The van der Waals surface area contributed by atoms with Crippen LogP contribution in [0.5, 0.6) is 0 Å². The van der Waals surface area contributed by atoms with Crippen LogP contribution in [0.1, 0.15) is 24.1 Å². The Labute approximate surface area is 84.2 Å². The maximum absolute atomic E-state index is 3.50. The van der Waals surface area contributed by atoms with Gasteiger partial charge in [-0.15, -0.1) is 11.3 Å². The second kappa shape index (κ2) is 4.77. The number of hydrogen-bond acceptors (Lipinski definition) is 2. The van der Waals surface area contributed by atoms with Gasteiger partial charge in [0.1, 0.15) is 0 Å². The average molecular weight is 195 g/mol. The summed E-state index contributed by atoms with van der Waals surface area (Å²) in [5.41, 5.74) is 0. The molecule has 0 amide bonds. The fourth-order valence-electron chi connectivity index (χ4n) is 1.50. The molecule has 1 nitrogen and oxygen atoms in total. The third-order valence-electron chi connectivity index (χ3n) is 2.55. The molecule has 0 unspecified atom stereocenters. The minimum Gasteiger partial charge on any atom is -0.316 e. The van der Waals surface area contributed by atoms with E-state index < -0.39 is 0 Å². The molecule has 2 heteroatoms. The molecule has 0 spiro atoms. The lowest BCUT2D eigenvalue weighted by Crippen LogP contribution is -2.18. The largest absolute Gasteiger partial charge is 0.316 e. The zero-order chi connectivity index (χ0) is 8.93. The summed E-state index contributed by atoms with van der Waals surface area (Å²) in [5, 5.41) is 5.65. The highest BCUT2D eigenvalue weighted by molar-refractivity contribution is 7.09. The Morgan fingerprint density at radius 3 is 3.00 bits per heavy atom. The van der Waals surface area contributed by atoms with Gasteiger partial charge < -0.3 is 5.32 Å². The van der Waals surface area contributed by atoms with E-state index in [9.17, 15) is 0 Å². The summed E-state index contributed by atoms with van der Waals surface area (Å²) in [6, 6.07) is 4.34. The molecule has 1 N–H and O–H groups in total. The van der Waals surface area contributed by atoms with Gasteiger partial charge in [-0.3, -0.25) is 0 Å². The van der Waals surface area contributed by atoms with E-state index in [1.54, 1.807) is 0 Å². The van der Waals surface area contributed by atoms with E-state index in [1.165, 1.54) is 37.1 Å². The lowest BCUT2D eigenvalue weighted by Gasteiger charge is -2.01. The van der Waals surface area contributed by atoms with Gasteiger partial charge in [0, 0.05) is 4.88 Å². The number of thiophene rings is 1. The van der Waals surface area contributed by atoms with Crippen LogP contribution in [0.2, 0.25) is 0 Å². The van der Waals surface area contributed by atoms with Crippen LogP contribution in [0.15, 0.2) is 17.5 Å². The topological polar surface area (TPSA) is 12.0 Å². The van der Waals surface area contributed by atoms with E-state index in [0.29, 0.717) is 0 Å². The predicted molar refractivity (Wildman–Crippen MR) is 58.2 cm³/mol. The smallest absolute Gasteiger partial charge is 0.00578 e. The molecule has 1 aliphatic carbocycles. The maximum Gasteiger partial charge on any atom is 0.00578 e. The van der Waals surface area contributed by atoms with E-state index in [2.05, 4.69) is 22.8 Å². The molecular weight excluding hydrogens is 178 g/mol. The van der Waals surface area contributed by atoms with E-state index >= 15 is 0 Å². The van der Waals surface area contributed by atoms with Crippen LogP contribution in [0.25, 0.3) is 0 Å². The third-order valence-corrected chi connectivity index (χ3v) is 3.49. The van der Waals surface area contributed by atoms with Gasteiger partial charge in [0.2, 0.25) is 0 Å². The second-order valence-corrected chi connectivity index (χ2v) is 4.84. The lowest BCUT2D eigenvalue weighted by molar-refractivity contribution is 0.614. The predicted octanol–water partition coefficient (Wildman–Crippen LogP) is 2.68. The Morgan fingerprint density at radius 2 is 2.31 bits per heavy atom. The molecule has 1 fully saturated rings. The summed E-state index contributed by atoms with van der Waals surface area (Å²) in [6.45, 7) is 2.36. The second-order valence-electron chi connectivity index (χ2n) is 3.81. The molecule has 0 atom stereocenters. The number of rotatable bonds is 6. The first-order chi connectivity index (χ1) is 6.45. The van der Waals surface area contributed by atoms with E-state index in [0.717, 1.165) is 12.5 Å². The number of nitrogens with one attached hydrogen (secondary N) is 1. The van der Waals surface area contributed by atoms with E-state index in [-0.39, 0.29) is 0 Å². The molecule has 2 rings (SSSR count). The van der Waals surface area contributed by atoms with Crippen LogP contribution >= 0.6 is 11.3 Å². The Hall–Kier alpha value is -0.340. The van der Waals surface area contributed by atoms with Crippen LogP contribution in [0.4, 0.5) is 0 Å². The first-order valence-electron chi connectivity index (χ1n) is 5.18. The average Bonchev–Trinajstić information content (AvgIpc) is 2.81. The zero-order valence-corrected chi connectivity index (χ0v) is 8.78. The monoisotopic (exact) mass is 195 g/mol. The molecule has 0 bridgehead atoms. The van der Waals surface area contributed by atoms with Crippen LogP contribution < -0.4 is 5.32 Å². The highest BCUT2D eigenvalue weighted by Gasteiger charge is 2.19. The molecule has 0 radical (unpaired) electrons. The Morgan fingerprint density at radius 1 is 1.38 bits per heavy atom. The summed E-state index contributed by atoms with van der Waals surface area (Å²) in [4.78, 5) is 1.50. The molecule has 0 aromatic carbocycles. The first kappa shape index (κ1) is 9.22. The lowest BCUT2D eigenvalue weighted by atomic mass is 10.3. The summed E-state index contributed by atoms with van der Waals surface area (Å²) >= 11 is 1.86.